The number of halogens is 1. The van der Waals surface area contributed by atoms with Crippen LogP contribution in [0.25, 0.3) is 0 Å². The monoisotopic (exact) mass is 309 g/mol. The fourth-order valence-electron chi connectivity index (χ4n) is 1.77. The van der Waals surface area contributed by atoms with Crippen LogP contribution in [-0.2, 0) is 22.3 Å². The zero-order valence-corrected chi connectivity index (χ0v) is 12.7. The van der Waals surface area contributed by atoms with Gasteiger partial charge in [-0.25, -0.2) is 13.1 Å². The predicted molar refractivity (Wildman–Crippen MR) is 82.1 cm³/mol. The number of nitrogens with one attached hydrogen (secondary N) is 1. The Morgan fingerprint density at radius 3 is 2.35 bits per heavy atom. The van der Waals surface area contributed by atoms with Gasteiger partial charge in [0.1, 0.15) is 0 Å². The molecule has 0 aromatic heterocycles. The van der Waals surface area contributed by atoms with Crippen LogP contribution < -0.4 is 4.72 Å². The van der Waals surface area contributed by atoms with Crippen LogP contribution >= 0.6 is 11.6 Å². The Hall–Kier alpha value is -1.36. The van der Waals surface area contributed by atoms with E-state index in [-0.39, 0.29) is 12.3 Å². The molecule has 20 heavy (non-hydrogen) atoms. The van der Waals surface area contributed by atoms with Gasteiger partial charge in [-0.1, -0.05) is 59.6 Å². The van der Waals surface area contributed by atoms with Crippen molar-refractivity contribution in [2.24, 2.45) is 0 Å². The Labute approximate surface area is 124 Å². The van der Waals surface area contributed by atoms with E-state index >= 15 is 0 Å². The molecule has 1 N–H and O–H groups in total. The van der Waals surface area contributed by atoms with Gasteiger partial charge in [0, 0.05) is 11.6 Å². The molecule has 0 amide bonds. The summed E-state index contributed by atoms with van der Waals surface area (Å²) in [5.41, 5.74) is 2.68. The molecule has 0 heterocycles. The minimum Gasteiger partial charge on any atom is -0.212 e. The van der Waals surface area contributed by atoms with Crippen LogP contribution in [-0.4, -0.2) is 8.42 Å². The first kappa shape index (κ1) is 15.0. The van der Waals surface area contributed by atoms with Gasteiger partial charge in [0.25, 0.3) is 0 Å². The second kappa shape index (κ2) is 6.39. The van der Waals surface area contributed by atoms with Gasteiger partial charge in [-0.05, 0) is 24.1 Å². The van der Waals surface area contributed by atoms with Crippen molar-refractivity contribution < 1.29 is 8.42 Å². The van der Waals surface area contributed by atoms with E-state index in [0.29, 0.717) is 10.6 Å². The number of aryl methyl sites for hydroxylation is 1. The summed E-state index contributed by atoms with van der Waals surface area (Å²) in [7, 11) is -3.40. The molecule has 0 aliphatic rings. The molecule has 5 heteroatoms. The second-order valence-corrected chi connectivity index (χ2v) is 6.87. The molecule has 3 nitrogen and oxygen atoms in total. The zero-order valence-electron chi connectivity index (χ0n) is 11.1. The van der Waals surface area contributed by atoms with Crippen LogP contribution in [0.1, 0.15) is 16.7 Å². The minimum absolute atomic E-state index is 0.113. The maximum absolute atomic E-state index is 12.0. The third-order valence-corrected chi connectivity index (χ3v) is 4.56. The van der Waals surface area contributed by atoms with Gasteiger partial charge >= 0.3 is 0 Å². The third kappa shape index (κ3) is 4.34. The van der Waals surface area contributed by atoms with E-state index in [1.807, 2.05) is 31.2 Å². The van der Waals surface area contributed by atoms with Crippen molar-refractivity contribution in [2.75, 3.05) is 0 Å². The van der Waals surface area contributed by atoms with Crippen molar-refractivity contribution in [3.05, 3.63) is 70.2 Å². The van der Waals surface area contributed by atoms with Crippen molar-refractivity contribution in [2.45, 2.75) is 19.2 Å². The highest BCUT2D eigenvalue weighted by molar-refractivity contribution is 7.88. The van der Waals surface area contributed by atoms with E-state index < -0.39 is 10.0 Å². The number of rotatable bonds is 5. The van der Waals surface area contributed by atoms with Gasteiger partial charge in [0.2, 0.25) is 10.0 Å². The molecular formula is C15H16ClNO2S. The van der Waals surface area contributed by atoms with Gasteiger partial charge < -0.3 is 0 Å². The maximum atomic E-state index is 12.0. The van der Waals surface area contributed by atoms with E-state index in [9.17, 15) is 8.42 Å². The number of hydrogen-bond donors (Lipinski definition) is 1. The van der Waals surface area contributed by atoms with Gasteiger partial charge in [0.15, 0.2) is 0 Å². The first-order valence-electron chi connectivity index (χ1n) is 6.22. The van der Waals surface area contributed by atoms with E-state index in [0.717, 1.165) is 11.1 Å². The molecule has 0 bridgehead atoms. The molecule has 0 aliphatic heterocycles. The Morgan fingerprint density at radius 2 is 1.70 bits per heavy atom. The van der Waals surface area contributed by atoms with Gasteiger partial charge in [0.05, 0.1) is 5.75 Å². The molecule has 2 aromatic carbocycles. The molecule has 0 spiro atoms. The lowest BCUT2D eigenvalue weighted by molar-refractivity contribution is 0.580. The van der Waals surface area contributed by atoms with E-state index in [4.69, 9.17) is 11.6 Å². The molecule has 2 rings (SSSR count). The Balaban J connectivity index is 2.01. The number of sulfonamides is 1. The van der Waals surface area contributed by atoms with Crippen molar-refractivity contribution in [1.29, 1.82) is 0 Å². The van der Waals surface area contributed by atoms with Crippen LogP contribution in [0.4, 0.5) is 0 Å². The number of benzene rings is 2. The second-order valence-electron chi connectivity index (χ2n) is 4.66. The summed E-state index contributed by atoms with van der Waals surface area (Å²) >= 11 is 5.97. The lowest BCUT2D eigenvalue weighted by Crippen LogP contribution is -2.24. The minimum atomic E-state index is -3.40. The molecule has 0 saturated heterocycles. The molecule has 0 radical (unpaired) electrons. The summed E-state index contributed by atoms with van der Waals surface area (Å²) in [5.74, 6) is -0.113. The van der Waals surface area contributed by atoms with Gasteiger partial charge in [-0.3, -0.25) is 0 Å². The first-order valence-corrected chi connectivity index (χ1v) is 8.25. The van der Waals surface area contributed by atoms with Crippen LogP contribution in [0.5, 0.6) is 0 Å². The molecule has 106 valence electrons. The molecule has 0 aliphatic carbocycles. The van der Waals surface area contributed by atoms with Crippen LogP contribution in [0.3, 0.4) is 0 Å². The van der Waals surface area contributed by atoms with Crippen molar-refractivity contribution >= 4 is 21.6 Å². The Bertz CT molecular complexity index is 681. The molecule has 0 fully saturated rings. The highest BCUT2D eigenvalue weighted by Gasteiger charge is 2.13. The highest BCUT2D eigenvalue weighted by atomic mass is 35.5. The van der Waals surface area contributed by atoms with Crippen molar-refractivity contribution in [3.63, 3.8) is 0 Å². The normalized spacial score (nSPS) is 11.5. The summed E-state index contributed by atoms with van der Waals surface area (Å²) in [4.78, 5) is 0. The van der Waals surface area contributed by atoms with Crippen molar-refractivity contribution in [1.82, 2.24) is 4.72 Å². The van der Waals surface area contributed by atoms with E-state index in [1.165, 1.54) is 0 Å². The fraction of sp³-hybridized carbons (Fsp3) is 0.200. The molecule has 0 unspecified atom stereocenters. The molecule has 2 aromatic rings. The fourth-order valence-corrected chi connectivity index (χ4v) is 3.20. The highest BCUT2D eigenvalue weighted by Crippen LogP contribution is 2.17. The van der Waals surface area contributed by atoms with Crippen molar-refractivity contribution in [3.8, 4) is 0 Å². The zero-order chi connectivity index (χ0) is 14.6. The Morgan fingerprint density at radius 1 is 1.05 bits per heavy atom. The molecule has 0 atom stereocenters. The average Bonchev–Trinajstić information content (AvgIpc) is 2.41. The summed E-state index contributed by atoms with van der Waals surface area (Å²) in [5, 5.41) is 0.466. The summed E-state index contributed by atoms with van der Waals surface area (Å²) in [6.07, 6.45) is 0. The molecule has 0 saturated carbocycles. The lowest BCUT2D eigenvalue weighted by Gasteiger charge is -2.08. The lowest BCUT2D eigenvalue weighted by atomic mass is 10.2. The summed E-state index contributed by atoms with van der Waals surface area (Å²) in [6.45, 7) is 2.28. The van der Waals surface area contributed by atoms with Crippen LogP contribution in [0, 0.1) is 6.92 Å². The predicted octanol–water partition coefficient (Wildman–Crippen LogP) is 3.27. The topological polar surface area (TPSA) is 46.2 Å². The van der Waals surface area contributed by atoms with E-state index in [1.54, 1.807) is 24.3 Å². The molecular weight excluding hydrogens is 294 g/mol. The van der Waals surface area contributed by atoms with Crippen LogP contribution in [0.2, 0.25) is 5.02 Å². The van der Waals surface area contributed by atoms with Gasteiger partial charge in [-0.15, -0.1) is 0 Å². The standard InChI is InChI=1S/C15H16ClNO2S/c1-12-6-8-13(9-7-12)10-17-20(18,19)11-14-4-2-3-5-15(14)16/h2-9,17H,10-11H2,1H3. The average molecular weight is 310 g/mol. The number of hydrogen-bond acceptors (Lipinski definition) is 2. The third-order valence-electron chi connectivity index (χ3n) is 2.92. The van der Waals surface area contributed by atoms with E-state index in [2.05, 4.69) is 4.72 Å². The summed E-state index contributed by atoms with van der Waals surface area (Å²) < 4.78 is 26.6. The van der Waals surface area contributed by atoms with Crippen LogP contribution in [0.15, 0.2) is 48.5 Å². The largest absolute Gasteiger partial charge is 0.216 e. The SMILES string of the molecule is Cc1ccc(CNS(=O)(=O)Cc2ccccc2Cl)cc1. The first-order chi connectivity index (χ1) is 9.46. The van der Waals surface area contributed by atoms with Gasteiger partial charge in [-0.2, -0.15) is 0 Å². The summed E-state index contributed by atoms with van der Waals surface area (Å²) in [6, 6.07) is 14.7. The smallest absolute Gasteiger partial charge is 0.212 e. The maximum Gasteiger partial charge on any atom is 0.216 e. The Kier molecular flexibility index (Phi) is 4.81. The quantitative estimate of drug-likeness (QED) is 0.921.